The van der Waals surface area contributed by atoms with Gasteiger partial charge in [0.15, 0.2) is 17.4 Å². The lowest BCUT2D eigenvalue weighted by Crippen LogP contribution is -2.46. The van der Waals surface area contributed by atoms with Crippen LogP contribution < -0.4 is 5.01 Å². The van der Waals surface area contributed by atoms with E-state index >= 15 is 0 Å². The van der Waals surface area contributed by atoms with Gasteiger partial charge in [0.05, 0.1) is 21.3 Å². The molecule has 1 saturated heterocycles. The molecule has 2 aromatic carbocycles. The van der Waals surface area contributed by atoms with Gasteiger partial charge in [0, 0.05) is 35.6 Å². The topological polar surface area (TPSA) is 108 Å². The van der Waals surface area contributed by atoms with Gasteiger partial charge in [0.1, 0.15) is 11.4 Å². The highest BCUT2D eigenvalue weighted by molar-refractivity contribution is 9.12. The summed E-state index contributed by atoms with van der Waals surface area (Å²) in [6, 6.07) is 12.0. The molecule has 1 N–H and O–H groups in total. The third kappa shape index (κ3) is 4.44. The molecule has 0 bridgehead atoms. The van der Waals surface area contributed by atoms with Gasteiger partial charge in [0.2, 0.25) is 0 Å². The Hall–Kier alpha value is -4.29. The average Bonchev–Trinajstić information content (AvgIpc) is 3.28. The van der Waals surface area contributed by atoms with Crippen LogP contribution in [0, 0.1) is 17.8 Å². The summed E-state index contributed by atoms with van der Waals surface area (Å²) in [4.78, 5) is 58.8. The number of phenols is 1. The van der Waals surface area contributed by atoms with Crippen LogP contribution in [0.15, 0.2) is 81.9 Å². The Bertz CT molecular complexity index is 2020. The maximum atomic E-state index is 14.2. The molecule has 0 unspecified atom stereocenters. The van der Waals surface area contributed by atoms with Crippen LogP contribution in [-0.2, 0) is 25.4 Å². The first-order chi connectivity index (χ1) is 21.8. The van der Waals surface area contributed by atoms with Crippen molar-refractivity contribution in [2.75, 3.05) is 12.1 Å². The zero-order valence-corrected chi connectivity index (χ0v) is 26.2. The van der Waals surface area contributed by atoms with Gasteiger partial charge >= 0.3 is 6.18 Å². The molecule has 13 heteroatoms. The minimum absolute atomic E-state index is 0.00149. The van der Waals surface area contributed by atoms with E-state index in [2.05, 4.69) is 20.9 Å². The van der Waals surface area contributed by atoms with Gasteiger partial charge in [-0.3, -0.25) is 24.2 Å². The van der Waals surface area contributed by atoms with Crippen molar-refractivity contribution in [1.29, 1.82) is 0 Å². The van der Waals surface area contributed by atoms with E-state index < -0.39 is 59.0 Å². The third-order valence-electron chi connectivity index (χ3n) is 9.28. The molecule has 0 spiro atoms. The molecular formula is C33H22BrClF3N3O5. The highest BCUT2D eigenvalue weighted by Gasteiger charge is 2.58. The maximum Gasteiger partial charge on any atom is 0.433 e. The van der Waals surface area contributed by atoms with Crippen LogP contribution in [0.3, 0.4) is 0 Å². The molecule has 234 valence electrons. The SMILES string of the molecule is CN(c1nc(C(F)(F)F)ccc1Cl)N1C(=O)[C@H]2[C@H](CC=C3[C@H](c4ccc(O)c5ccccc45)C4=C(C[C@H]32)C(=O)C(Br)=CC4=O)C1=O. The molecule has 2 heterocycles. The molecule has 2 amide bonds. The van der Waals surface area contributed by atoms with Gasteiger partial charge in [-0.25, -0.2) is 4.98 Å². The summed E-state index contributed by atoms with van der Waals surface area (Å²) in [5.41, 5.74) is 0.585. The number of anilines is 1. The predicted molar refractivity (Wildman–Crippen MR) is 165 cm³/mol. The number of hydrazine groups is 1. The van der Waals surface area contributed by atoms with Crippen LogP contribution in [0.5, 0.6) is 5.75 Å². The highest BCUT2D eigenvalue weighted by Crippen LogP contribution is 2.56. The number of alkyl halides is 3. The Morgan fingerprint density at radius 1 is 1.00 bits per heavy atom. The fourth-order valence-corrected chi connectivity index (χ4v) is 7.99. The van der Waals surface area contributed by atoms with E-state index in [1.165, 1.54) is 19.2 Å². The average molecular weight is 713 g/mol. The zero-order valence-electron chi connectivity index (χ0n) is 23.8. The number of rotatable bonds is 3. The zero-order chi connectivity index (χ0) is 32.8. The number of pyridine rings is 1. The van der Waals surface area contributed by atoms with E-state index in [4.69, 9.17) is 11.6 Å². The second-order valence-corrected chi connectivity index (χ2v) is 12.9. The molecule has 7 rings (SSSR count). The van der Waals surface area contributed by atoms with Crippen LogP contribution in [0.4, 0.5) is 19.0 Å². The number of halogens is 5. The van der Waals surface area contributed by atoms with Gasteiger partial charge in [-0.05, 0) is 63.8 Å². The summed E-state index contributed by atoms with van der Waals surface area (Å²) < 4.78 is 40.5. The molecule has 4 atom stereocenters. The Kier molecular flexibility index (Phi) is 7.02. The van der Waals surface area contributed by atoms with Crippen LogP contribution >= 0.6 is 27.5 Å². The molecule has 8 nitrogen and oxygen atoms in total. The summed E-state index contributed by atoms with van der Waals surface area (Å²) in [7, 11) is 1.24. The predicted octanol–water partition coefficient (Wildman–Crippen LogP) is 6.43. The lowest BCUT2D eigenvalue weighted by molar-refractivity contribution is -0.141. The van der Waals surface area contributed by atoms with Crippen molar-refractivity contribution < 1.29 is 37.5 Å². The standard InChI is InChI=1S/C33H22BrClF3N3O5/c1-40(30-22(35)9-11-25(39-30)33(36,37)38)41-31(45)18-7-6-17-19(27(18)32(41)46)12-20-28(24(43)13-21(34)29(20)44)26(17)16-8-10-23(42)15-5-3-2-4-14(15)16/h2-6,8-11,13,18-19,26-27,42H,7,12H2,1H3/t18-,19+,26-,27-/m0/s1. The number of imide groups is 1. The maximum absolute atomic E-state index is 14.2. The molecule has 4 aliphatic rings. The van der Waals surface area contributed by atoms with Crippen molar-refractivity contribution in [3.63, 3.8) is 0 Å². The van der Waals surface area contributed by atoms with Gasteiger partial charge in [-0.15, -0.1) is 0 Å². The number of aromatic hydroxyl groups is 1. The van der Waals surface area contributed by atoms with Crippen molar-refractivity contribution in [3.8, 4) is 5.75 Å². The van der Waals surface area contributed by atoms with E-state index in [0.717, 1.165) is 16.1 Å². The number of hydrogen-bond donors (Lipinski definition) is 1. The molecule has 3 aromatic rings. The summed E-state index contributed by atoms with van der Waals surface area (Å²) in [5, 5.41) is 13.3. The first-order valence-electron chi connectivity index (χ1n) is 14.2. The van der Waals surface area contributed by atoms with E-state index in [0.29, 0.717) is 28.0 Å². The van der Waals surface area contributed by atoms with Gasteiger partial charge in [-0.2, -0.15) is 18.2 Å². The van der Waals surface area contributed by atoms with Crippen LogP contribution in [0.2, 0.25) is 5.02 Å². The van der Waals surface area contributed by atoms with Crippen molar-refractivity contribution in [2.45, 2.75) is 24.9 Å². The van der Waals surface area contributed by atoms with E-state index in [1.54, 1.807) is 30.3 Å². The van der Waals surface area contributed by atoms with Gasteiger partial charge in [0.25, 0.3) is 11.8 Å². The number of Topliss-reactive ketones (excluding diaryl/α,β-unsaturated/α-hetero) is 1. The highest BCUT2D eigenvalue weighted by atomic mass is 79.9. The number of fused-ring (bicyclic) bond motifs is 4. The van der Waals surface area contributed by atoms with Gasteiger partial charge in [-0.1, -0.05) is 53.6 Å². The number of hydrogen-bond acceptors (Lipinski definition) is 7. The molecule has 46 heavy (non-hydrogen) atoms. The van der Waals surface area contributed by atoms with E-state index in [1.807, 2.05) is 6.08 Å². The molecule has 1 fully saturated rings. The van der Waals surface area contributed by atoms with E-state index in [9.17, 15) is 37.5 Å². The van der Waals surface area contributed by atoms with Crippen LogP contribution in [-0.4, -0.2) is 45.5 Å². The quantitative estimate of drug-likeness (QED) is 0.190. The number of amides is 2. The first-order valence-corrected chi connectivity index (χ1v) is 15.4. The number of aromatic nitrogens is 1. The molecule has 3 aliphatic carbocycles. The van der Waals surface area contributed by atoms with Gasteiger partial charge < -0.3 is 5.11 Å². The number of benzene rings is 2. The normalized spacial score (nSPS) is 24.5. The summed E-state index contributed by atoms with van der Waals surface area (Å²) in [6.07, 6.45) is -1.61. The Morgan fingerprint density at radius 3 is 2.43 bits per heavy atom. The summed E-state index contributed by atoms with van der Waals surface area (Å²) >= 11 is 9.41. The smallest absolute Gasteiger partial charge is 0.433 e. The van der Waals surface area contributed by atoms with E-state index in [-0.39, 0.29) is 45.0 Å². The minimum atomic E-state index is -4.79. The fourth-order valence-electron chi connectivity index (χ4n) is 7.31. The number of carbonyl (C=O) groups excluding carboxylic acids is 4. The molecular weight excluding hydrogens is 691 g/mol. The molecule has 0 radical (unpaired) electrons. The second kappa shape index (κ2) is 10.6. The van der Waals surface area contributed by atoms with Crippen LogP contribution in [0.25, 0.3) is 10.8 Å². The summed E-state index contributed by atoms with van der Waals surface area (Å²) in [6.45, 7) is 0. The number of phenolic OH excluding ortho intramolecular Hbond substituents is 1. The van der Waals surface area contributed by atoms with Crippen molar-refractivity contribution in [3.05, 3.63) is 98.2 Å². The number of ketones is 2. The molecule has 1 aliphatic heterocycles. The third-order valence-corrected chi connectivity index (χ3v) is 10.2. The lowest BCUT2D eigenvalue weighted by atomic mass is 9.59. The Labute approximate surface area is 272 Å². The number of nitrogens with zero attached hydrogens (tertiary/aromatic N) is 3. The fraction of sp³-hybridized carbons (Fsp3) is 0.242. The van der Waals surface area contributed by atoms with Crippen molar-refractivity contribution in [2.24, 2.45) is 17.8 Å². The van der Waals surface area contributed by atoms with Crippen molar-refractivity contribution >= 4 is 67.5 Å². The molecule has 0 saturated carbocycles. The number of carbonyl (C=O) groups is 4. The number of allylic oxidation sites excluding steroid dienone is 6. The largest absolute Gasteiger partial charge is 0.507 e. The van der Waals surface area contributed by atoms with Crippen molar-refractivity contribution in [1.82, 2.24) is 9.99 Å². The Morgan fingerprint density at radius 2 is 1.72 bits per heavy atom. The Balaban J connectivity index is 1.35. The minimum Gasteiger partial charge on any atom is -0.507 e. The summed E-state index contributed by atoms with van der Waals surface area (Å²) in [5.74, 6) is -5.79. The lowest BCUT2D eigenvalue weighted by Gasteiger charge is -2.42. The molecule has 1 aromatic heterocycles. The van der Waals surface area contributed by atoms with Crippen LogP contribution in [0.1, 0.15) is 30.0 Å². The monoisotopic (exact) mass is 711 g/mol. The second-order valence-electron chi connectivity index (χ2n) is 11.6. The first kappa shape index (κ1) is 30.4.